The summed E-state index contributed by atoms with van der Waals surface area (Å²) in [4.78, 5) is 60.6. The molecule has 0 heterocycles. The van der Waals surface area contributed by atoms with Gasteiger partial charge in [0.1, 0.15) is 18.1 Å². The van der Waals surface area contributed by atoms with E-state index in [1.165, 1.54) is 0 Å². The number of amides is 3. The molecule has 12 heteroatoms. The Balaban J connectivity index is 5.49. The number of carboxylic acid groups (broad SMARTS) is 2. The molecule has 0 bridgehead atoms. The summed E-state index contributed by atoms with van der Waals surface area (Å²) in [6.45, 7) is 7.73. The Bertz CT molecular complexity index is 701. The second-order valence-electron chi connectivity index (χ2n) is 8.95. The van der Waals surface area contributed by atoms with E-state index in [0.29, 0.717) is 25.8 Å². The van der Waals surface area contributed by atoms with Crippen molar-refractivity contribution < 1.29 is 34.2 Å². The Morgan fingerprint density at radius 1 is 0.853 bits per heavy atom. The van der Waals surface area contributed by atoms with E-state index < -0.39 is 60.2 Å². The van der Waals surface area contributed by atoms with Gasteiger partial charge in [-0.1, -0.05) is 40.5 Å². The van der Waals surface area contributed by atoms with Gasteiger partial charge in [0.15, 0.2) is 0 Å². The SMILES string of the molecule is CCC(C)C(NC(=O)C(N)CCCCN)C(=O)NC(CC(C)C)C(=O)NC(CC(=O)O)C(=O)O. The van der Waals surface area contributed by atoms with E-state index in [9.17, 15) is 29.1 Å². The number of nitrogens with two attached hydrogens (primary N) is 2. The van der Waals surface area contributed by atoms with Crippen LogP contribution in [0.3, 0.4) is 0 Å². The molecule has 0 aliphatic heterocycles. The monoisotopic (exact) mass is 487 g/mol. The number of rotatable bonds is 17. The van der Waals surface area contributed by atoms with Crippen LogP contribution >= 0.6 is 0 Å². The molecule has 34 heavy (non-hydrogen) atoms. The summed E-state index contributed by atoms with van der Waals surface area (Å²) >= 11 is 0. The topological polar surface area (TPSA) is 214 Å². The molecule has 0 rings (SSSR count). The largest absolute Gasteiger partial charge is 0.481 e. The quantitative estimate of drug-likeness (QED) is 0.132. The summed E-state index contributed by atoms with van der Waals surface area (Å²) in [6.07, 6.45) is 1.73. The molecule has 5 unspecified atom stereocenters. The van der Waals surface area contributed by atoms with Gasteiger partial charge in [0.05, 0.1) is 12.5 Å². The van der Waals surface area contributed by atoms with E-state index in [-0.39, 0.29) is 18.3 Å². The molecule has 0 radical (unpaired) electrons. The van der Waals surface area contributed by atoms with Crippen LogP contribution in [-0.4, -0.2) is 70.6 Å². The average Bonchev–Trinajstić information content (AvgIpc) is 2.74. The van der Waals surface area contributed by atoms with Gasteiger partial charge in [-0.15, -0.1) is 0 Å². The van der Waals surface area contributed by atoms with Crippen molar-refractivity contribution in [2.45, 2.75) is 90.4 Å². The van der Waals surface area contributed by atoms with Crippen LogP contribution in [0.5, 0.6) is 0 Å². The molecular weight excluding hydrogens is 446 g/mol. The molecule has 5 atom stereocenters. The third-order valence-corrected chi connectivity index (χ3v) is 5.43. The minimum absolute atomic E-state index is 0.0496. The number of hydrogen-bond acceptors (Lipinski definition) is 7. The van der Waals surface area contributed by atoms with Crippen LogP contribution in [0, 0.1) is 11.8 Å². The van der Waals surface area contributed by atoms with Gasteiger partial charge in [-0.2, -0.15) is 0 Å². The lowest BCUT2D eigenvalue weighted by molar-refractivity contribution is -0.147. The molecule has 0 saturated carbocycles. The molecule has 0 saturated heterocycles. The molecule has 0 spiro atoms. The van der Waals surface area contributed by atoms with Crippen molar-refractivity contribution in [3.05, 3.63) is 0 Å². The standard InChI is InChI=1S/C22H41N5O7/c1-5-13(4)18(27-19(30)14(24)8-6-7-9-23)21(32)25-15(10-12(2)3)20(31)26-16(22(33)34)11-17(28)29/h12-16,18H,5-11,23-24H2,1-4H3,(H,25,32)(H,26,31)(H,27,30)(H,28,29)(H,33,34). The molecule has 0 aromatic rings. The first kappa shape index (κ1) is 31.3. The highest BCUT2D eigenvalue weighted by Crippen LogP contribution is 2.12. The predicted octanol–water partition coefficient (Wildman–Crippen LogP) is -0.451. The minimum atomic E-state index is -1.65. The van der Waals surface area contributed by atoms with Crippen molar-refractivity contribution in [1.29, 1.82) is 0 Å². The van der Waals surface area contributed by atoms with Gasteiger partial charge in [-0.25, -0.2) is 4.79 Å². The van der Waals surface area contributed by atoms with Crippen LogP contribution in [0.15, 0.2) is 0 Å². The number of unbranched alkanes of at least 4 members (excludes halogenated alkanes) is 1. The van der Waals surface area contributed by atoms with Gasteiger partial charge >= 0.3 is 11.9 Å². The number of hydrogen-bond donors (Lipinski definition) is 7. The van der Waals surface area contributed by atoms with E-state index in [2.05, 4.69) is 16.0 Å². The summed E-state index contributed by atoms with van der Waals surface area (Å²) in [5.41, 5.74) is 11.4. The first-order valence-corrected chi connectivity index (χ1v) is 11.6. The van der Waals surface area contributed by atoms with Crippen LogP contribution in [-0.2, 0) is 24.0 Å². The Morgan fingerprint density at radius 3 is 1.91 bits per heavy atom. The van der Waals surface area contributed by atoms with Crippen molar-refractivity contribution in [3.63, 3.8) is 0 Å². The van der Waals surface area contributed by atoms with Crippen LogP contribution in [0.4, 0.5) is 0 Å². The molecule has 0 fully saturated rings. The normalized spacial score (nSPS) is 15.5. The van der Waals surface area contributed by atoms with Gasteiger partial charge in [-0.05, 0) is 37.6 Å². The van der Waals surface area contributed by atoms with Crippen molar-refractivity contribution in [1.82, 2.24) is 16.0 Å². The van der Waals surface area contributed by atoms with Crippen molar-refractivity contribution >= 4 is 29.7 Å². The lowest BCUT2D eigenvalue weighted by Gasteiger charge is -2.28. The summed E-state index contributed by atoms with van der Waals surface area (Å²) in [7, 11) is 0. The number of carbonyl (C=O) groups excluding carboxylic acids is 3. The number of carbonyl (C=O) groups is 5. The highest BCUT2D eigenvalue weighted by Gasteiger charge is 2.33. The summed E-state index contributed by atoms with van der Waals surface area (Å²) < 4.78 is 0. The number of nitrogens with one attached hydrogen (secondary N) is 3. The molecule has 0 aliphatic carbocycles. The van der Waals surface area contributed by atoms with Gasteiger partial charge in [-0.3, -0.25) is 19.2 Å². The smallest absolute Gasteiger partial charge is 0.326 e. The van der Waals surface area contributed by atoms with Gasteiger partial charge in [0, 0.05) is 0 Å². The van der Waals surface area contributed by atoms with Gasteiger partial charge < -0.3 is 37.6 Å². The molecular formula is C22H41N5O7. The number of carboxylic acids is 2. The second-order valence-corrected chi connectivity index (χ2v) is 8.95. The Kier molecular flexibility index (Phi) is 14.7. The molecule has 3 amide bonds. The van der Waals surface area contributed by atoms with Gasteiger partial charge in [0.25, 0.3) is 0 Å². The van der Waals surface area contributed by atoms with Crippen LogP contribution < -0.4 is 27.4 Å². The predicted molar refractivity (Wildman–Crippen MR) is 125 cm³/mol. The number of aliphatic carboxylic acids is 2. The molecule has 0 aromatic heterocycles. The van der Waals surface area contributed by atoms with Gasteiger partial charge in [0.2, 0.25) is 17.7 Å². The second kappa shape index (κ2) is 16.0. The average molecular weight is 488 g/mol. The molecule has 0 aromatic carbocycles. The van der Waals surface area contributed by atoms with E-state index in [1.54, 1.807) is 6.92 Å². The summed E-state index contributed by atoms with van der Waals surface area (Å²) in [5, 5.41) is 25.5. The molecule has 9 N–H and O–H groups in total. The van der Waals surface area contributed by atoms with Crippen LogP contribution in [0.1, 0.15) is 66.2 Å². The van der Waals surface area contributed by atoms with E-state index in [0.717, 1.165) is 6.42 Å². The highest BCUT2D eigenvalue weighted by atomic mass is 16.4. The fourth-order valence-electron chi connectivity index (χ4n) is 3.21. The third kappa shape index (κ3) is 11.9. The lowest BCUT2D eigenvalue weighted by Crippen LogP contribution is -2.59. The van der Waals surface area contributed by atoms with Crippen molar-refractivity contribution in [2.24, 2.45) is 23.3 Å². The minimum Gasteiger partial charge on any atom is -0.481 e. The lowest BCUT2D eigenvalue weighted by atomic mass is 9.96. The maximum Gasteiger partial charge on any atom is 0.326 e. The Labute approximate surface area is 200 Å². The Hall–Kier alpha value is -2.73. The van der Waals surface area contributed by atoms with E-state index in [1.807, 2.05) is 20.8 Å². The van der Waals surface area contributed by atoms with E-state index >= 15 is 0 Å². The fraction of sp³-hybridized carbons (Fsp3) is 0.773. The zero-order chi connectivity index (χ0) is 26.4. The van der Waals surface area contributed by atoms with Crippen LogP contribution in [0.25, 0.3) is 0 Å². The maximum absolute atomic E-state index is 13.1. The van der Waals surface area contributed by atoms with Crippen LogP contribution in [0.2, 0.25) is 0 Å². The highest BCUT2D eigenvalue weighted by molar-refractivity contribution is 5.94. The molecule has 12 nitrogen and oxygen atoms in total. The molecule has 196 valence electrons. The fourth-order valence-corrected chi connectivity index (χ4v) is 3.21. The Morgan fingerprint density at radius 2 is 1.44 bits per heavy atom. The third-order valence-electron chi connectivity index (χ3n) is 5.43. The zero-order valence-corrected chi connectivity index (χ0v) is 20.5. The molecule has 0 aliphatic rings. The maximum atomic E-state index is 13.1. The summed E-state index contributed by atoms with van der Waals surface area (Å²) in [6, 6.07) is -4.54. The first-order valence-electron chi connectivity index (χ1n) is 11.6. The van der Waals surface area contributed by atoms with E-state index in [4.69, 9.17) is 16.6 Å². The zero-order valence-electron chi connectivity index (χ0n) is 20.5. The van der Waals surface area contributed by atoms with Crippen molar-refractivity contribution in [3.8, 4) is 0 Å². The first-order chi connectivity index (χ1) is 15.8. The van der Waals surface area contributed by atoms with Crippen molar-refractivity contribution in [2.75, 3.05) is 6.54 Å². The summed E-state index contributed by atoms with van der Waals surface area (Å²) in [5.74, 6) is -5.13.